The van der Waals surface area contributed by atoms with Crippen LogP contribution < -0.4 is 5.32 Å². The summed E-state index contributed by atoms with van der Waals surface area (Å²) in [5, 5.41) is 3.65. The molecule has 1 unspecified atom stereocenters. The maximum atomic E-state index is 13.4. The van der Waals surface area contributed by atoms with E-state index in [0.717, 1.165) is 0 Å². The maximum Gasteiger partial charge on any atom is 0.136 e. The minimum absolute atomic E-state index is 0.0289. The lowest BCUT2D eigenvalue weighted by Gasteiger charge is -2.19. The van der Waals surface area contributed by atoms with Gasteiger partial charge in [-0.2, -0.15) is 0 Å². The van der Waals surface area contributed by atoms with Crippen LogP contribution in [0.4, 0.5) is 4.39 Å². The van der Waals surface area contributed by atoms with Crippen molar-refractivity contribution in [2.75, 3.05) is 0 Å². The zero-order valence-corrected chi connectivity index (χ0v) is 8.92. The lowest BCUT2D eigenvalue weighted by Crippen LogP contribution is -2.36. The number of nitrogens with zero attached hydrogens (tertiary/aromatic N) is 1. The monoisotopic (exact) mass is 224 g/mol. The first-order chi connectivity index (χ1) is 7.18. The summed E-state index contributed by atoms with van der Waals surface area (Å²) in [5.41, 5.74) is 0.463. The van der Waals surface area contributed by atoms with Crippen LogP contribution in [0.1, 0.15) is 12.5 Å². The van der Waals surface area contributed by atoms with Crippen LogP contribution in [0.5, 0.6) is 0 Å². The SMILES string of the molecule is CC1NC(c2ccccc2F)=NC=C1Cl. The van der Waals surface area contributed by atoms with Crippen molar-refractivity contribution in [2.45, 2.75) is 13.0 Å². The Bertz CT molecular complexity index is 440. The third-order valence-corrected chi connectivity index (χ3v) is 2.64. The Morgan fingerprint density at radius 1 is 1.40 bits per heavy atom. The molecular formula is C11H10ClFN2. The lowest BCUT2D eigenvalue weighted by atomic mass is 10.1. The van der Waals surface area contributed by atoms with Crippen LogP contribution in [-0.4, -0.2) is 11.9 Å². The Kier molecular flexibility index (Phi) is 2.73. The molecule has 4 heteroatoms. The van der Waals surface area contributed by atoms with Crippen molar-refractivity contribution in [2.24, 2.45) is 4.99 Å². The van der Waals surface area contributed by atoms with Crippen LogP contribution in [0.3, 0.4) is 0 Å². The predicted molar refractivity (Wildman–Crippen MR) is 59.5 cm³/mol. The molecule has 1 atom stereocenters. The van der Waals surface area contributed by atoms with Gasteiger partial charge in [0.15, 0.2) is 0 Å². The van der Waals surface area contributed by atoms with Crippen LogP contribution in [0.15, 0.2) is 40.5 Å². The largest absolute Gasteiger partial charge is 0.362 e. The van der Waals surface area contributed by atoms with Crippen molar-refractivity contribution < 1.29 is 4.39 Å². The number of aliphatic imine (C=N–C) groups is 1. The number of benzene rings is 1. The minimum Gasteiger partial charge on any atom is -0.362 e. The third-order valence-electron chi connectivity index (χ3n) is 2.21. The van der Waals surface area contributed by atoms with Crippen molar-refractivity contribution in [3.63, 3.8) is 0 Å². The van der Waals surface area contributed by atoms with Crippen LogP contribution in [0, 0.1) is 5.82 Å². The number of hydrogen-bond acceptors (Lipinski definition) is 2. The van der Waals surface area contributed by atoms with Gasteiger partial charge in [0.25, 0.3) is 0 Å². The number of hydrogen-bond donors (Lipinski definition) is 1. The highest BCUT2D eigenvalue weighted by atomic mass is 35.5. The van der Waals surface area contributed by atoms with E-state index in [2.05, 4.69) is 10.3 Å². The second-order valence-electron chi connectivity index (χ2n) is 3.34. The Labute approximate surface area is 92.5 Å². The summed E-state index contributed by atoms with van der Waals surface area (Å²) in [7, 11) is 0. The van der Waals surface area contributed by atoms with E-state index in [1.54, 1.807) is 24.4 Å². The molecule has 0 fully saturated rings. The number of nitrogens with one attached hydrogen (secondary N) is 1. The third kappa shape index (κ3) is 2.02. The van der Waals surface area contributed by atoms with Gasteiger partial charge in [-0.3, -0.25) is 0 Å². The van der Waals surface area contributed by atoms with E-state index in [1.165, 1.54) is 6.07 Å². The fourth-order valence-electron chi connectivity index (χ4n) is 1.35. The second kappa shape index (κ2) is 4.03. The molecule has 1 aromatic carbocycles. The summed E-state index contributed by atoms with van der Waals surface area (Å²) in [6.45, 7) is 1.90. The molecule has 0 spiro atoms. The highest BCUT2D eigenvalue weighted by Gasteiger charge is 2.16. The first-order valence-electron chi connectivity index (χ1n) is 4.63. The molecule has 0 saturated heterocycles. The molecule has 0 aromatic heterocycles. The molecular weight excluding hydrogens is 215 g/mol. The summed E-state index contributed by atoms with van der Waals surface area (Å²) in [4.78, 5) is 4.06. The molecule has 0 bridgehead atoms. The van der Waals surface area contributed by atoms with Crippen LogP contribution in [-0.2, 0) is 0 Å². The van der Waals surface area contributed by atoms with Crippen molar-refractivity contribution in [1.82, 2.24) is 5.32 Å². The molecule has 1 heterocycles. The van der Waals surface area contributed by atoms with Gasteiger partial charge in [0.2, 0.25) is 0 Å². The van der Waals surface area contributed by atoms with Gasteiger partial charge in [-0.25, -0.2) is 9.38 Å². The van der Waals surface area contributed by atoms with Gasteiger partial charge >= 0.3 is 0 Å². The Hall–Kier alpha value is -1.35. The summed E-state index contributed by atoms with van der Waals surface area (Å²) in [5.74, 6) is 0.229. The summed E-state index contributed by atoms with van der Waals surface area (Å²) in [6.07, 6.45) is 1.55. The van der Waals surface area contributed by atoms with E-state index in [0.29, 0.717) is 16.4 Å². The summed E-state index contributed by atoms with van der Waals surface area (Å²) in [6, 6.07) is 6.48. The molecule has 1 aliphatic rings. The van der Waals surface area contributed by atoms with Crippen LogP contribution in [0.2, 0.25) is 0 Å². The average Bonchev–Trinajstić information content (AvgIpc) is 2.23. The number of amidine groups is 1. The molecule has 0 saturated carbocycles. The Morgan fingerprint density at radius 2 is 2.13 bits per heavy atom. The lowest BCUT2D eigenvalue weighted by molar-refractivity contribution is 0.622. The van der Waals surface area contributed by atoms with Crippen LogP contribution >= 0.6 is 11.6 Å². The Balaban J connectivity index is 2.38. The Morgan fingerprint density at radius 3 is 2.80 bits per heavy atom. The predicted octanol–water partition coefficient (Wildman–Crippen LogP) is 2.64. The topological polar surface area (TPSA) is 24.4 Å². The van der Waals surface area contributed by atoms with E-state index in [1.807, 2.05) is 6.92 Å². The molecule has 1 N–H and O–H groups in total. The first kappa shape index (κ1) is 10.2. The van der Waals surface area contributed by atoms with E-state index in [-0.39, 0.29) is 11.9 Å². The van der Waals surface area contributed by atoms with E-state index in [9.17, 15) is 4.39 Å². The standard InChI is InChI=1S/C11H10ClFN2/c1-7-9(12)6-14-11(15-7)8-4-2-3-5-10(8)13/h2-7H,1H3,(H,14,15). The highest BCUT2D eigenvalue weighted by Crippen LogP contribution is 2.15. The zero-order chi connectivity index (χ0) is 10.8. The number of halogens is 2. The molecule has 0 radical (unpaired) electrons. The average molecular weight is 225 g/mol. The molecule has 0 aliphatic carbocycles. The smallest absolute Gasteiger partial charge is 0.136 e. The fraction of sp³-hybridized carbons (Fsp3) is 0.182. The molecule has 2 nitrogen and oxygen atoms in total. The van der Waals surface area contributed by atoms with Crippen molar-refractivity contribution in [3.8, 4) is 0 Å². The van der Waals surface area contributed by atoms with E-state index >= 15 is 0 Å². The van der Waals surface area contributed by atoms with E-state index in [4.69, 9.17) is 11.6 Å². The molecule has 2 rings (SSSR count). The quantitative estimate of drug-likeness (QED) is 0.779. The van der Waals surface area contributed by atoms with Gasteiger partial charge in [0.05, 0.1) is 16.6 Å². The van der Waals surface area contributed by atoms with Gasteiger partial charge in [-0.05, 0) is 19.1 Å². The highest BCUT2D eigenvalue weighted by molar-refractivity contribution is 6.30. The fourth-order valence-corrected chi connectivity index (χ4v) is 1.45. The minimum atomic E-state index is -0.289. The van der Waals surface area contributed by atoms with Crippen molar-refractivity contribution in [1.29, 1.82) is 0 Å². The second-order valence-corrected chi connectivity index (χ2v) is 3.77. The molecule has 1 aliphatic heterocycles. The van der Waals surface area contributed by atoms with Gasteiger partial charge in [0, 0.05) is 6.20 Å². The van der Waals surface area contributed by atoms with Crippen molar-refractivity contribution in [3.05, 3.63) is 46.9 Å². The van der Waals surface area contributed by atoms with E-state index < -0.39 is 0 Å². The molecule has 0 amide bonds. The molecule has 1 aromatic rings. The first-order valence-corrected chi connectivity index (χ1v) is 5.01. The summed E-state index contributed by atoms with van der Waals surface area (Å²) < 4.78 is 13.4. The summed E-state index contributed by atoms with van der Waals surface area (Å²) >= 11 is 5.86. The van der Waals surface area contributed by atoms with Crippen LogP contribution in [0.25, 0.3) is 0 Å². The van der Waals surface area contributed by atoms with Gasteiger partial charge in [-0.1, -0.05) is 23.7 Å². The van der Waals surface area contributed by atoms with Gasteiger partial charge < -0.3 is 5.32 Å². The number of rotatable bonds is 1. The molecule has 78 valence electrons. The van der Waals surface area contributed by atoms with Gasteiger partial charge in [0.1, 0.15) is 11.7 Å². The molecule has 15 heavy (non-hydrogen) atoms. The normalized spacial score (nSPS) is 20.3. The van der Waals surface area contributed by atoms with Crippen molar-refractivity contribution >= 4 is 17.4 Å². The zero-order valence-electron chi connectivity index (χ0n) is 8.17. The maximum absolute atomic E-state index is 13.4. The van der Waals surface area contributed by atoms with Gasteiger partial charge in [-0.15, -0.1) is 0 Å².